The van der Waals surface area contributed by atoms with Crippen molar-refractivity contribution in [2.75, 3.05) is 6.54 Å². The Balaban J connectivity index is 2.02. The third-order valence-electron chi connectivity index (χ3n) is 5.91. The lowest BCUT2D eigenvalue weighted by Crippen LogP contribution is -2.58. The van der Waals surface area contributed by atoms with Crippen LogP contribution in [0.2, 0.25) is 0 Å². The molecule has 1 fully saturated rings. The van der Waals surface area contributed by atoms with Crippen LogP contribution in [0.25, 0.3) is 0 Å². The average molecular weight is 334 g/mol. The number of nitriles is 1. The first-order valence-electron chi connectivity index (χ1n) is 8.81. The molecule has 1 aromatic carbocycles. The van der Waals surface area contributed by atoms with Crippen LogP contribution < -0.4 is 0 Å². The molecule has 128 valence electrons. The minimum absolute atomic E-state index is 0.0337. The number of nitrogens with zero attached hydrogens (tertiary/aromatic N) is 2. The first-order chi connectivity index (χ1) is 11.9. The fourth-order valence-corrected chi connectivity index (χ4v) is 4.39. The van der Waals surface area contributed by atoms with Gasteiger partial charge in [-0.25, -0.2) is 0 Å². The molecular weight excluding hydrogens is 312 g/mol. The Morgan fingerprint density at radius 2 is 1.92 bits per heavy atom. The van der Waals surface area contributed by atoms with Crippen molar-refractivity contribution in [2.24, 2.45) is 5.41 Å². The SMILES string of the molecule is CC1(C)C2=CCN(C3CC3)C(=O)[C@@]2(c2ccccc2)C=C(C#N)C1O. The topological polar surface area (TPSA) is 64.3 Å². The fourth-order valence-electron chi connectivity index (χ4n) is 4.39. The number of carbonyl (C=O) groups is 1. The molecule has 25 heavy (non-hydrogen) atoms. The van der Waals surface area contributed by atoms with E-state index >= 15 is 0 Å². The van der Waals surface area contributed by atoms with Crippen LogP contribution in [0.5, 0.6) is 0 Å². The molecule has 2 atom stereocenters. The molecule has 1 heterocycles. The van der Waals surface area contributed by atoms with Crippen LogP contribution in [0.15, 0.2) is 53.6 Å². The molecule has 0 spiro atoms. The van der Waals surface area contributed by atoms with Crippen LogP contribution in [0.4, 0.5) is 0 Å². The summed E-state index contributed by atoms with van der Waals surface area (Å²) in [5.41, 5.74) is 0.373. The highest BCUT2D eigenvalue weighted by Gasteiger charge is 2.57. The zero-order chi connectivity index (χ0) is 17.8. The van der Waals surface area contributed by atoms with Gasteiger partial charge in [0.1, 0.15) is 5.41 Å². The van der Waals surface area contributed by atoms with Crippen LogP contribution >= 0.6 is 0 Å². The molecule has 1 amide bonds. The Bertz CT molecular complexity index is 827. The molecule has 0 saturated heterocycles. The lowest BCUT2D eigenvalue weighted by atomic mass is 9.56. The standard InChI is InChI=1S/C21H22N2O2/c1-20(2)17-10-11-23(16-8-9-16)19(25)21(17,12-14(13-22)18(20)24)15-6-4-3-5-7-15/h3-7,10,12,16,18,24H,8-9,11H2,1-2H3/t18?,21-/m1/s1. The van der Waals surface area contributed by atoms with E-state index in [2.05, 4.69) is 12.1 Å². The molecule has 1 aromatic rings. The maximum absolute atomic E-state index is 13.7. The van der Waals surface area contributed by atoms with Gasteiger partial charge >= 0.3 is 0 Å². The lowest BCUT2D eigenvalue weighted by molar-refractivity contribution is -0.136. The molecule has 1 saturated carbocycles. The maximum atomic E-state index is 13.7. The largest absolute Gasteiger partial charge is 0.387 e. The Hall–Kier alpha value is -2.38. The Morgan fingerprint density at radius 1 is 1.24 bits per heavy atom. The van der Waals surface area contributed by atoms with Crippen molar-refractivity contribution >= 4 is 5.91 Å². The zero-order valence-electron chi connectivity index (χ0n) is 14.6. The van der Waals surface area contributed by atoms with Gasteiger partial charge in [-0.1, -0.05) is 50.3 Å². The predicted octanol–water partition coefficient (Wildman–Crippen LogP) is 2.71. The van der Waals surface area contributed by atoms with Gasteiger partial charge in [0.15, 0.2) is 0 Å². The van der Waals surface area contributed by atoms with Crippen molar-refractivity contribution in [3.8, 4) is 6.07 Å². The Kier molecular flexibility index (Phi) is 3.42. The van der Waals surface area contributed by atoms with E-state index in [0.717, 1.165) is 24.0 Å². The summed E-state index contributed by atoms with van der Waals surface area (Å²) in [5, 5.41) is 20.3. The van der Waals surface area contributed by atoms with Gasteiger partial charge in [-0.3, -0.25) is 4.79 Å². The molecule has 4 heteroatoms. The summed E-state index contributed by atoms with van der Waals surface area (Å²) >= 11 is 0. The van der Waals surface area contributed by atoms with Gasteiger partial charge in [-0.05, 0) is 30.1 Å². The highest BCUT2D eigenvalue weighted by atomic mass is 16.3. The number of benzene rings is 1. The Morgan fingerprint density at radius 3 is 2.52 bits per heavy atom. The van der Waals surface area contributed by atoms with Crippen LogP contribution in [0, 0.1) is 16.7 Å². The van der Waals surface area contributed by atoms with Crippen molar-refractivity contribution in [3.63, 3.8) is 0 Å². The summed E-state index contributed by atoms with van der Waals surface area (Å²) in [6.45, 7) is 4.43. The number of aliphatic hydroxyl groups excluding tert-OH is 1. The number of fused-ring (bicyclic) bond motifs is 1. The molecule has 1 aliphatic heterocycles. The monoisotopic (exact) mass is 334 g/mol. The van der Waals surface area contributed by atoms with Gasteiger partial charge in [-0.15, -0.1) is 0 Å². The van der Waals surface area contributed by atoms with E-state index in [0.29, 0.717) is 12.6 Å². The zero-order valence-corrected chi connectivity index (χ0v) is 14.6. The number of hydrogen-bond donors (Lipinski definition) is 1. The van der Waals surface area contributed by atoms with Gasteiger partial charge in [0.2, 0.25) is 5.91 Å². The highest BCUT2D eigenvalue weighted by Crippen LogP contribution is 2.54. The number of carbonyl (C=O) groups excluding carboxylic acids is 1. The summed E-state index contributed by atoms with van der Waals surface area (Å²) in [4.78, 5) is 15.6. The summed E-state index contributed by atoms with van der Waals surface area (Å²) in [7, 11) is 0. The second kappa shape index (κ2) is 5.31. The minimum atomic E-state index is -0.990. The molecule has 2 aliphatic carbocycles. The molecule has 0 bridgehead atoms. The van der Waals surface area contributed by atoms with E-state index in [1.807, 2.05) is 49.1 Å². The molecule has 0 aromatic heterocycles. The highest BCUT2D eigenvalue weighted by molar-refractivity contribution is 5.97. The van der Waals surface area contributed by atoms with Gasteiger partial charge in [0.25, 0.3) is 0 Å². The molecule has 3 aliphatic rings. The lowest BCUT2D eigenvalue weighted by Gasteiger charge is -2.51. The first-order valence-corrected chi connectivity index (χ1v) is 8.81. The van der Waals surface area contributed by atoms with Crippen molar-refractivity contribution < 1.29 is 9.90 Å². The number of aliphatic hydroxyl groups is 1. The van der Waals surface area contributed by atoms with E-state index in [4.69, 9.17) is 0 Å². The van der Waals surface area contributed by atoms with Crippen LogP contribution in [0.1, 0.15) is 32.3 Å². The van der Waals surface area contributed by atoms with Gasteiger partial charge < -0.3 is 10.0 Å². The summed E-state index contributed by atoms with van der Waals surface area (Å²) in [6, 6.07) is 12.1. The van der Waals surface area contributed by atoms with Crippen molar-refractivity contribution in [2.45, 2.75) is 44.2 Å². The van der Waals surface area contributed by atoms with Crippen LogP contribution in [-0.4, -0.2) is 34.6 Å². The summed E-state index contributed by atoms with van der Waals surface area (Å²) < 4.78 is 0. The molecule has 4 nitrogen and oxygen atoms in total. The number of amides is 1. The quantitative estimate of drug-likeness (QED) is 0.846. The van der Waals surface area contributed by atoms with Crippen molar-refractivity contribution in [3.05, 3.63) is 59.2 Å². The van der Waals surface area contributed by atoms with Crippen molar-refractivity contribution in [1.82, 2.24) is 4.90 Å². The van der Waals surface area contributed by atoms with Crippen LogP contribution in [0.3, 0.4) is 0 Å². The molecule has 4 rings (SSSR count). The average Bonchev–Trinajstić information content (AvgIpc) is 3.45. The van der Waals surface area contributed by atoms with Gasteiger partial charge in [0, 0.05) is 18.0 Å². The predicted molar refractivity (Wildman–Crippen MR) is 94.4 cm³/mol. The fraction of sp³-hybridized carbons (Fsp3) is 0.429. The second-order valence-corrected chi connectivity index (χ2v) is 7.82. The van der Waals surface area contributed by atoms with Gasteiger partial charge in [0.05, 0.1) is 17.7 Å². The normalized spacial score (nSPS) is 30.9. The van der Waals surface area contributed by atoms with E-state index in [1.54, 1.807) is 6.08 Å². The Labute approximate surface area is 148 Å². The molecule has 1 N–H and O–H groups in total. The van der Waals surface area contributed by atoms with Gasteiger partial charge in [-0.2, -0.15) is 5.26 Å². The summed E-state index contributed by atoms with van der Waals surface area (Å²) in [5.74, 6) is 0.0337. The minimum Gasteiger partial charge on any atom is -0.387 e. The van der Waals surface area contributed by atoms with E-state index in [1.165, 1.54) is 0 Å². The van der Waals surface area contributed by atoms with Crippen molar-refractivity contribution in [1.29, 1.82) is 5.26 Å². The van der Waals surface area contributed by atoms with Crippen LogP contribution in [-0.2, 0) is 10.2 Å². The third kappa shape index (κ3) is 2.12. The van der Waals surface area contributed by atoms with E-state index in [-0.39, 0.29) is 11.5 Å². The molecule has 0 radical (unpaired) electrons. The third-order valence-corrected chi connectivity index (χ3v) is 5.91. The van der Waals surface area contributed by atoms with E-state index < -0.39 is 16.9 Å². The second-order valence-electron chi connectivity index (χ2n) is 7.82. The maximum Gasteiger partial charge on any atom is 0.241 e. The number of rotatable bonds is 2. The number of hydrogen-bond acceptors (Lipinski definition) is 3. The summed E-state index contributed by atoms with van der Waals surface area (Å²) in [6.07, 6.45) is 4.99. The molecule has 1 unspecified atom stereocenters. The van der Waals surface area contributed by atoms with E-state index in [9.17, 15) is 15.2 Å². The smallest absolute Gasteiger partial charge is 0.241 e. The molecular formula is C21H22N2O2. The first kappa shape index (κ1) is 16.1.